The van der Waals surface area contributed by atoms with E-state index in [1.807, 2.05) is 0 Å². The largest absolute Gasteiger partial charge is 0.388 e. The van der Waals surface area contributed by atoms with Crippen molar-refractivity contribution in [2.75, 3.05) is 6.54 Å². The highest BCUT2D eigenvalue weighted by Crippen LogP contribution is 2.28. The van der Waals surface area contributed by atoms with Crippen LogP contribution in [0.25, 0.3) is 0 Å². The van der Waals surface area contributed by atoms with Crippen molar-refractivity contribution >= 4 is 0 Å². The molecule has 2 aliphatic rings. The second-order valence-corrected chi connectivity index (χ2v) is 3.99. The van der Waals surface area contributed by atoms with E-state index in [4.69, 9.17) is 4.74 Å². The summed E-state index contributed by atoms with van der Waals surface area (Å²) in [7, 11) is 0. The van der Waals surface area contributed by atoms with E-state index < -0.39 is 12.2 Å². The molecule has 0 spiro atoms. The third-order valence-corrected chi connectivity index (χ3v) is 3.05. The predicted molar refractivity (Wildman–Crippen MR) is 51.9 cm³/mol. The molecule has 2 bridgehead atoms. The Hall–Kier alpha value is -0.420. The van der Waals surface area contributed by atoms with Gasteiger partial charge in [0.2, 0.25) is 0 Å². The molecule has 0 aromatic carbocycles. The molecule has 2 saturated heterocycles. The first-order valence-corrected chi connectivity index (χ1v) is 5.10. The van der Waals surface area contributed by atoms with E-state index in [-0.39, 0.29) is 18.2 Å². The van der Waals surface area contributed by atoms with Crippen LogP contribution < -0.4 is 5.32 Å². The molecule has 14 heavy (non-hydrogen) atoms. The van der Waals surface area contributed by atoms with Crippen LogP contribution in [0.3, 0.4) is 0 Å². The van der Waals surface area contributed by atoms with Gasteiger partial charge in [0, 0.05) is 6.04 Å². The molecule has 80 valence electrons. The van der Waals surface area contributed by atoms with Crippen LogP contribution in [0.5, 0.6) is 0 Å². The number of aliphatic hydroxyl groups is 2. The maximum atomic E-state index is 9.74. The highest BCUT2D eigenvalue weighted by Gasteiger charge is 2.46. The molecule has 2 aliphatic heterocycles. The van der Waals surface area contributed by atoms with Gasteiger partial charge in [-0.25, -0.2) is 0 Å². The molecule has 0 amide bonds. The highest BCUT2D eigenvalue weighted by atomic mass is 16.5. The number of fused-ring (bicyclic) bond motifs is 2. The molecule has 2 rings (SSSR count). The van der Waals surface area contributed by atoms with Crippen LogP contribution >= 0.6 is 0 Å². The second-order valence-electron chi connectivity index (χ2n) is 3.99. The highest BCUT2D eigenvalue weighted by molar-refractivity contribution is 5.00. The van der Waals surface area contributed by atoms with Crippen LogP contribution in [0, 0.1) is 0 Å². The molecule has 5 atom stereocenters. The average molecular weight is 199 g/mol. The Morgan fingerprint density at radius 1 is 1.43 bits per heavy atom. The summed E-state index contributed by atoms with van der Waals surface area (Å²) >= 11 is 0. The van der Waals surface area contributed by atoms with Crippen LogP contribution in [0.2, 0.25) is 0 Å². The van der Waals surface area contributed by atoms with E-state index in [2.05, 4.69) is 11.9 Å². The molecule has 0 aromatic heterocycles. The molecule has 0 radical (unpaired) electrons. The Labute approximate surface area is 83.6 Å². The Morgan fingerprint density at radius 3 is 2.93 bits per heavy atom. The number of aliphatic hydroxyl groups excluding tert-OH is 2. The van der Waals surface area contributed by atoms with Crippen LogP contribution in [0.4, 0.5) is 0 Å². The number of ether oxygens (including phenoxy) is 1. The Morgan fingerprint density at radius 2 is 2.21 bits per heavy atom. The van der Waals surface area contributed by atoms with Gasteiger partial charge < -0.3 is 20.3 Å². The zero-order valence-corrected chi connectivity index (χ0v) is 8.10. The standard InChI is InChI=1S/C10H17NO3/c1-2-3-6-10-9(13)8(12)7(14-10)4-5-11-6/h2,6-13H,1,3-5H2/t6-,7-,8-,9-,10+/m0/s1. The van der Waals surface area contributed by atoms with Gasteiger partial charge in [0.05, 0.1) is 6.10 Å². The van der Waals surface area contributed by atoms with Crippen molar-refractivity contribution in [3.05, 3.63) is 12.7 Å². The molecule has 3 N–H and O–H groups in total. The minimum atomic E-state index is -0.766. The van der Waals surface area contributed by atoms with Gasteiger partial charge in [-0.05, 0) is 19.4 Å². The van der Waals surface area contributed by atoms with Crippen molar-refractivity contribution in [2.24, 2.45) is 0 Å². The molecule has 2 fully saturated rings. The molecule has 4 nitrogen and oxygen atoms in total. The Bertz CT molecular complexity index is 221. The quantitative estimate of drug-likeness (QED) is 0.520. The second kappa shape index (κ2) is 3.98. The fourth-order valence-corrected chi connectivity index (χ4v) is 2.27. The number of rotatable bonds is 2. The Kier molecular flexibility index (Phi) is 2.88. The SMILES string of the molecule is C=CC[C@@H]1NCC[C@@H]2O[C@H]1[C@@H](O)[C@H]2O. The fraction of sp³-hybridized carbons (Fsp3) is 0.800. The number of hydrogen-bond donors (Lipinski definition) is 3. The summed E-state index contributed by atoms with van der Waals surface area (Å²) in [6, 6.07) is 0.0737. The van der Waals surface area contributed by atoms with Gasteiger partial charge in [-0.1, -0.05) is 6.08 Å². The van der Waals surface area contributed by atoms with E-state index >= 15 is 0 Å². The molecule has 0 saturated carbocycles. The zero-order valence-electron chi connectivity index (χ0n) is 8.10. The third-order valence-electron chi connectivity index (χ3n) is 3.05. The summed E-state index contributed by atoms with van der Waals surface area (Å²) in [6.07, 6.45) is 1.31. The molecule has 0 aliphatic carbocycles. The van der Waals surface area contributed by atoms with Gasteiger partial charge in [0.25, 0.3) is 0 Å². The first-order valence-electron chi connectivity index (χ1n) is 5.10. The van der Waals surface area contributed by atoms with Crippen LogP contribution in [0.1, 0.15) is 12.8 Å². The van der Waals surface area contributed by atoms with E-state index in [9.17, 15) is 10.2 Å². The molecule has 4 heteroatoms. The van der Waals surface area contributed by atoms with Crippen molar-refractivity contribution in [3.8, 4) is 0 Å². The maximum Gasteiger partial charge on any atom is 0.110 e. The topological polar surface area (TPSA) is 61.7 Å². The molecular weight excluding hydrogens is 182 g/mol. The Balaban J connectivity index is 2.11. The van der Waals surface area contributed by atoms with E-state index in [0.717, 1.165) is 19.4 Å². The summed E-state index contributed by atoms with van der Waals surface area (Å²) in [5.74, 6) is 0. The van der Waals surface area contributed by atoms with E-state index in [1.54, 1.807) is 6.08 Å². The lowest BCUT2D eigenvalue weighted by atomic mass is 9.97. The first kappa shape index (κ1) is 10.1. The smallest absolute Gasteiger partial charge is 0.110 e. The first-order chi connectivity index (χ1) is 6.74. The third kappa shape index (κ3) is 1.59. The lowest BCUT2D eigenvalue weighted by Gasteiger charge is -2.25. The fourth-order valence-electron chi connectivity index (χ4n) is 2.27. The van der Waals surface area contributed by atoms with Crippen molar-refractivity contribution in [1.82, 2.24) is 5.32 Å². The predicted octanol–water partition coefficient (Wildman–Crippen LogP) is -0.586. The van der Waals surface area contributed by atoms with Crippen molar-refractivity contribution < 1.29 is 14.9 Å². The number of hydrogen-bond acceptors (Lipinski definition) is 4. The number of nitrogens with one attached hydrogen (secondary N) is 1. The summed E-state index contributed by atoms with van der Waals surface area (Å²) in [6.45, 7) is 4.49. The zero-order chi connectivity index (χ0) is 10.1. The van der Waals surface area contributed by atoms with Gasteiger partial charge in [0.1, 0.15) is 18.3 Å². The summed E-state index contributed by atoms with van der Waals surface area (Å²) < 4.78 is 5.60. The molecule has 0 unspecified atom stereocenters. The summed E-state index contributed by atoms with van der Waals surface area (Å²) in [4.78, 5) is 0. The molecule has 2 heterocycles. The molecular formula is C10H17NO3. The summed E-state index contributed by atoms with van der Waals surface area (Å²) in [5, 5.41) is 22.7. The van der Waals surface area contributed by atoms with Gasteiger partial charge in [-0.3, -0.25) is 0 Å². The van der Waals surface area contributed by atoms with Crippen LogP contribution in [-0.4, -0.2) is 47.2 Å². The minimum Gasteiger partial charge on any atom is -0.388 e. The molecule has 0 aromatic rings. The van der Waals surface area contributed by atoms with Crippen LogP contribution in [0.15, 0.2) is 12.7 Å². The van der Waals surface area contributed by atoms with E-state index in [1.165, 1.54) is 0 Å². The van der Waals surface area contributed by atoms with E-state index in [0.29, 0.717) is 0 Å². The van der Waals surface area contributed by atoms with Crippen molar-refractivity contribution in [2.45, 2.75) is 43.3 Å². The van der Waals surface area contributed by atoms with Crippen molar-refractivity contribution in [1.29, 1.82) is 0 Å². The lowest BCUT2D eigenvalue weighted by Crippen LogP contribution is -2.47. The minimum absolute atomic E-state index is 0.0737. The van der Waals surface area contributed by atoms with Gasteiger partial charge in [-0.15, -0.1) is 6.58 Å². The monoisotopic (exact) mass is 199 g/mol. The average Bonchev–Trinajstić information content (AvgIpc) is 2.41. The van der Waals surface area contributed by atoms with Crippen molar-refractivity contribution in [3.63, 3.8) is 0 Å². The van der Waals surface area contributed by atoms with Gasteiger partial charge >= 0.3 is 0 Å². The lowest BCUT2D eigenvalue weighted by molar-refractivity contribution is 0.000261. The van der Waals surface area contributed by atoms with Gasteiger partial charge in [-0.2, -0.15) is 0 Å². The van der Waals surface area contributed by atoms with Gasteiger partial charge in [0.15, 0.2) is 0 Å². The normalized spacial score (nSPS) is 47.4. The summed E-state index contributed by atoms with van der Waals surface area (Å²) in [5.41, 5.74) is 0. The van der Waals surface area contributed by atoms with Crippen LogP contribution in [-0.2, 0) is 4.74 Å². The maximum absolute atomic E-state index is 9.74.